The van der Waals surface area contributed by atoms with E-state index >= 15 is 0 Å². The summed E-state index contributed by atoms with van der Waals surface area (Å²) in [6.07, 6.45) is 2.63. The first-order valence-electron chi connectivity index (χ1n) is 8.78. The Morgan fingerprint density at radius 2 is 2.04 bits per heavy atom. The van der Waals surface area contributed by atoms with Crippen molar-refractivity contribution in [2.24, 2.45) is 0 Å². The Bertz CT molecular complexity index is 1120. The smallest absolute Gasteiger partial charge is 0.109 e. The molecule has 0 atom stereocenters. The lowest BCUT2D eigenvalue weighted by Crippen LogP contribution is -2.22. The lowest BCUT2D eigenvalue weighted by molar-refractivity contribution is 0.350. The predicted molar refractivity (Wildman–Crippen MR) is 125 cm³/mol. The molecule has 2 heterocycles. The van der Waals surface area contributed by atoms with Gasteiger partial charge in [0.2, 0.25) is 0 Å². The van der Waals surface area contributed by atoms with Crippen LogP contribution in [-0.2, 0) is 19.5 Å². The van der Waals surface area contributed by atoms with E-state index in [1.54, 1.807) is 11.3 Å². The number of hydrogen-bond acceptors (Lipinski definition) is 4. The fourth-order valence-corrected chi connectivity index (χ4v) is 4.73. The van der Waals surface area contributed by atoms with Crippen molar-refractivity contribution in [2.45, 2.75) is 26.4 Å². The van der Waals surface area contributed by atoms with Gasteiger partial charge in [-0.2, -0.15) is 0 Å². The number of hydrogen-bond donors (Lipinski definition) is 2. The van der Waals surface area contributed by atoms with Crippen LogP contribution in [0.5, 0.6) is 0 Å². The van der Waals surface area contributed by atoms with Gasteiger partial charge in [0, 0.05) is 46.6 Å². The highest BCUT2D eigenvalue weighted by molar-refractivity contribution is 7.80. The van der Waals surface area contributed by atoms with Gasteiger partial charge in [0.25, 0.3) is 0 Å². The zero-order chi connectivity index (χ0) is 20.1. The van der Waals surface area contributed by atoms with E-state index < -0.39 is 0 Å². The van der Waals surface area contributed by atoms with Crippen LogP contribution in [0.3, 0.4) is 0 Å². The Morgan fingerprint density at radius 1 is 1.29 bits per heavy atom. The molecule has 0 saturated carbocycles. The summed E-state index contributed by atoms with van der Waals surface area (Å²) < 4.78 is 2.93. The summed E-state index contributed by atoms with van der Waals surface area (Å²) in [7, 11) is 0. The summed E-state index contributed by atoms with van der Waals surface area (Å²) in [4.78, 5) is 2.89. The van der Waals surface area contributed by atoms with Crippen molar-refractivity contribution in [3.05, 3.63) is 62.1 Å². The van der Waals surface area contributed by atoms with Crippen LogP contribution >= 0.6 is 47.4 Å². The van der Waals surface area contributed by atoms with Gasteiger partial charge < -0.3 is 15.0 Å². The largest absolute Gasteiger partial charge is 0.384 e. The number of thiocarbonyl (C=S) groups is 1. The van der Waals surface area contributed by atoms with Gasteiger partial charge in [-0.15, -0.1) is 11.3 Å². The zero-order valence-corrected chi connectivity index (χ0v) is 18.5. The van der Waals surface area contributed by atoms with E-state index in [9.17, 15) is 0 Å². The second-order valence-corrected chi connectivity index (χ2v) is 8.46. The Labute approximate surface area is 184 Å². The highest BCUT2D eigenvalue weighted by Gasteiger charge is 2.13. The molecule has 144 valence electrons. The van der Waals surface area contributed by atoms with Crippen LogP contribution in [0.25, 0.3) is 10.2 Å². The standard InChI is InChI=1S/C21H19ClN2OS3/c1-2-24-13-18(20(27)23-12-14-6-8-15(22)9-7-14)19(26)17-11-16(28-21(17)24)5-3-4-10-25/h6-9,11,13,25H,2,5,10,12H2,1H3,(H,23,27). The second kappa shape index (κ2) is 9.64. The maximum Gasteiger partial charge on any atom is 0.109 e. The average molecular weight is 447 g/mol. The fourth-order valence-electron chi connectivity index (χ4n) is 2.79. The molecule has 0 spiro atoms. The molecule has 0 amide bonds. The molecule has 0 bridgehead atoms. The molecule has 1 aromatic carbocycles. The van der Waals surface area contributed by atoms with Crippen molar-refractivity contribution >= 4 is 62.6 Å². The molecule has 0 saturated heterocycles. The minimum absolute atomic E-state index is 0.121. The van der Waals surface area contributed by atoms with Gasteiger partial charge >= 0.3 is 0 Å². The molecule has 0 fully saturated rings. The molecule has 0 aliphatic heterocycles. The van der Waals surface area contributed by atoms with E-state index in [0.717, 1.165) is 37.3 Å². The summed E-state index contributed by atoms with van der Waals surface area (Å²) in [6, 6.07) is 9.76. The number of aromatic nitrogens is 1. The third kappa shape index (κ3) is 4.80. The third-order valence-electron chi connectivity index (χ3n) is 4.22. The highest BCUT2D eigenvalue weighted by Crippen LogP contribution is 2.29. The molecule has 0 unspecified atom stereocenters. The maximum absolute atomic E-state index is 8.84. The summed E-state index contributed by atoms with van der Waals surface area (Å²) in [6.45, 7) is 3.41. The van der Waals surface area contributed by atoms with E-state index in [0.29, 0.717) is 23.0 Å². The molecule has 0 radical (unpaired) electrons. The van der Waals surface area contributed by atoms with Crippen molar-refractivity contribution in [1.82, 2.24) is 9.88 Å². The van der Waals surface area contributed by atoms with Gasteiger partial charge in [-0.1, -0.05) is 60.0 Å². The number of nitrogens with one attached hydrogen (secondary N) is 1. The van der Waals surface area contributed by atoms with Crippen molar-refractivity contribution < 1.29 is 5.11 Å². The predicted octanol–water partition coefficient (Wildman–Crippen LogP) is 5.11. The molecular weight excluding hydrogens is 428 g/mol. The normalized spacial score (nSPS) is 10.5. The van der Waals surface area contributed by atoms with Gasteiger partial charge in [-0.05, 0) is 30.7 Å². The lowest BCUT2D eigenvalue weighted by Gasteiger charge is -2.12. The highest BCUT2D eigenvalue weighted by atomic mass is 35.5. The third-order valence-corrected chi connectivity index (χ3v) is 6.45. The van der Waals surface area contributed by atoms with Crippen LogP contribution in [0.4, 0.5) is 0 Å². The second-order valence-electron chi connectivity index (χ2n) is 6.09. The molecule has 28 heavy (non-hydrogen) atoms. The summed E-state index contributed by atoms with van der Waals surface area (Å²) in [5.41, 5.74) is 1.96. The van der Waals surface area contributed by atoms with Crippen molar-refractivity contribution in [1.29, 1.82) is 0 Å². The minimum atomic E-state index is -0.121. The monoisotopic (exact) mass is 446 g/mol. The van der Waals surface area contributed by atoms with E-state index in [2.05, 4.69) is 34.7 Å². The Kier molecular flexibility index (Phi) is 7.22. The number of aliphatic hydroxyl groups is 1. The molecule has 3 aromatic rings. The summed E-state index contributed by atoms with van der Waals surface area (Å²) in [5, 5.41) is 13.9. The zero-order valence-electron chi connectivity index (χ0n) is 15.3. The number of aryl methyl sites for hydroxylation is 1. The number of rotatable bonds is 5. The molecule has 3 nitrogen and oxygen atoms in total. The number of nitrogens with zero attached hydrogens (tertiary/aromatic N) is 1. The number of halogens is 1. The maximum atomic E-state index is 8.84. The van der Waals surface area contributed by atoms with E-state index in [1.807, 2.05) is 30.5 Å². The molecule has 3 rings (SSSR count). The molecule has 2 N–H and O–H groups in total. The molecule has 2 aromatic heterocycles. The summed E-state index contributed by atoms with van der Waals surface area (Å²) in [5.74, 6) is 5.66. The molecular formula is C21H19ClN2OS3. The first-order valence-corrected chi connectivity index (χ1v) is 10.8. The quantitative estimate of drug-likeness (QED) is 0.422. The van der Waals surface area contributed by atoms with E-state index in [1.165, 1.54) is 0 Å². The van der Waals surface area contributed by atoms with Crippen LogP contribution in [0, 0.1) is 16.4 Å². The van der Waals surface area contributed by atoms with Gasteiger partial charge in [0.05, 0.1) is 4.51 Å². The van der Waals surface area contributed by atoms with Gasteiger partial charge in [-0.3, -0.25) is 0 Å². The first kappa shape index (κ1) is 21.0. The first-order chi connectivity index (χ1) is 13.5. The molecule has 0 aliphatic rings. The van der Waals surface area contributed by atoms with Crippen LogP contribution < -0.4 is 5.32 Å². The minimum Gasteiger partial charge on any atom is -0.384 e. The Hall–Kier alpha value is -1.75. The van der Waals surface area contributed by atoms with Crippen molar-refractivity contribution in [3.63, 3.8) is 0 Å². The summed E-state index contributed by atoms with van der Waals surface area (Å²) >= 11 is 19.0. The number of pyridine rings is 1. The van der Waals surface area contributed by atoms with E-state index in [-0.39, 0.29) is 6.61 Å². The molecule has 0 aliphatic carbocycles. The lowest BCUT2D eigenvalue weighted by atomic mass is 10.2. The Morgan fingerprint density at radius 3 is 2.71 bits per heavy atom. The number of thiophene rings is 1. The van der Waals surface area contributed by atoms with Crippen LogP contribution in [0.15, 0.2) is 36.5 Å². The van der Waals surface area contributed by atoms with Gasteiger partial charge in [-0.25, -0.2) is 0 Å². The fraction of sp³-hybridized carbons (Fsp3) is 0.238. The topological polar surface area (TPSA) is 37.2 Å². The number of benzene rings is 1. The van der Waals surface area contributed by atoms with Crippen LogP contribution in [0.1, 0.15) is 22.9 Å². The van der Waals surface area contributed by atoms with Crippen molar-refractivity contribution in [2.75, 3.05) is 6.61 Å². The SMILES string of the molecule is CCn1cc(C(=S)NCc2ccc(Cl)cc2)c(=S)c2cc(CC#CCO)sc21. The average Bonchev–Trinajstić information content (AvgIpc) is 3.13. The Balaban J connectivity index is 1.89. The van der Waals surface area contributed by atoms with Gasteiger partial charge in [0.1, 0.15) is 16.4 Å². The number of fused-ring (bicyclic) bond motifs is 1. The van der Waals surface area contributed by atoms with Gasteiger partial charge in [0.15, 0.2) is 0 Å². The van der Waals surface area contributed by atoms with Crippen LogP contribution in [0.2, 0.25) is 5.02 Å². The van der Waals surface area contributed by atoms with Crippen molar-refractivity contribution in [3.8, 4) is 11.8 Å². The van der Waals surface area contributed by atoms with Crippen LogP contribution in [-0.4, -0.2) is 21.3 Å². The van der Waals surface area contributed by atoms with E-state index in [4.69, 9.17) is 41.1 Å². The number of aliphatic hydroxyl groups excluding tert-OH is 1. The molecule has 7 heteroatoms.